The fraction of sp³-hybridized carbons (Fsp3) is 0.231. The summed E-state index contributed by atoms with van der Waals surface area (Å²) < 4.78 is 39.5. The number of rotatable bonds is 4. The molecule has 0 saturated heterocycles. The van der Waals surface area contributed by atoms with Crippen LogP contribution in [0.3, 0.4) is 0 Å². The molecule has 0 radical (unpaired) electrons. The third-order valence-electron chi connectivity index (χ3n) is 2.64. The van der Waals surface area contributed by atoms with E-state index in [0.29, 0.717) is 17.7 Å². The minimum absolute atomic E-state index is 0.0524. The molecule has 0 amide bonds. The van der Waals surface area contributed by atoms with Gasteiger partial charge in [-0.2, -0.15) is 0 Å². The molecule has 3 nitrogen and oxygen atoms in total. The Labute approximate surface area is 108 Å². The van der Waals surface area contributed by atoms with E-state index in [0.717, 1.165) is 12.1 Å². The molecule has 1 aromatic carbocycles. The van der Waals surface area contributed by atoms with Gasteiger partial charge in [0.1, 0.15) is 6.33 Å². The van der Waals surface area contributed by atoms with Crippen LogP contribution in [0.5, 0.6) is 0 Å². The molecule has 0 unspecified atom stereocenters. The van der Waals surface area contributed by atoms with E-state index < -0.39 is 17.5 Å². The van der Waals surface area contributed by atoms with Crippen LogP contribution in [0, 0.1) is 17.5 Å². The van der Waals surface area contributed by atoms with E-state index in [2.05, 4.69) is 15.3 Å². The molecule has 0 aliphatic carbocycles. The Morgan fingerprint density at radius 3 is 2.58 bits per heavy atom. The molecule has 0 aliphatic rings. The van der Waals surface area contributed by atoms with Crippen molar-refractivity contribution < 1.29 is 13.2 Å². The van der Waals surface area contributed by atoms with Gasteiger partial charge >= 0.3 is 0 Å². The molecule has 2 rings (SSSR count). The molecule has 0 atom stereocenters. The quantitative estimate of drug-likeness (QED) is 0.925. The molecule has 1 N–H and O–H groups in total. The highest BCUT2D eigenvalue weighted by Crippen LogP contribution is 2.15. The van der Waals surface area contributed by atoms with Gasteiger partial charge in [-0.1, -0.05) is 13.0 Å². The van der Waals surface area contributed by atoms with Crippen molar-refractivity contribution in [2.24, 2.45) is 0 Å². The van der Waals surface area contributed by atoms with E-state index in [1.807, 2.05) is 0 Å². The first-order chi connectivity index (χ1) is 9.11. The van der Waals surface area contributed by atoms with Gasteiger partial charge in [-0.05, 0) is 24.1 Å². The van der Waals surface area contributed by atoms with E-state index in [1.165, 1.54) is 12.4 Å². The Morgan fingerprint density at radius 1 is 1.11 bits per heavy atom. The predicted octanol–water partition coefficient (Wildman–Crippen LogP) is 3.07. The number of aryl methyl sites for hydroxylation is 1. The van der Waals surface area contributed by atoms with Crippen LogP contribution in [0.15, 0.2) is 24.5 Å². The zero-order chi connectivity index (χ0) is 13.8. The zero-order valence-corrected chi connectivity index (χ0v) is 10.3. The van der Waals surface area contributed by atoms with Crippen molar-refractivity contribution >= 4 is 5.82 Å². The molecule has 0 saturated carbocycles. The molecule has 0 aliphatic heterocycles. The van der Waals surface area contributed by atoms with E-state index in [1.54, 1.807) is 6.92 Å². The summed E-state index contributed by atoms with van der Waals surface area (Å²) in [5.41, 5.74) is 0.803. The normalized spacial score (nSPS) is 10.5. The molecule has 0 bridgehead atoms. The first kappa shape index (κ1) is 13.3. The summed E-state index contributed by atoms with van der Waals surface area (Å²) in [4.78, 5) is 7.58. The SMILES string of the molecule is CCc1ncnc(NCc2ccc(F)c(F)c2)c1F. The fourth-order valence-corrected chi connectivity index (χ4v) is 1.61. The van der Waals surface area contributed by atoms with Crippen molar-refractivity contribution in [3.05, 3.63) is 53.2 Å². The van der Waals surface area contributed by atoms with Crippen molar-refractivity contribution in [1.29, 1.82) is 0 Å². The van der Waals surface area contributed by atoms with Crippen LogP contribution in [0.4, 0.5) is 19.0 Å². The van der Waals surface area contributed by atoms with Crippen LogP contribution in [0.2, 0.25) is 0 Å². The van der Waals surface area contributed by atoms with E-state index in [9.17, 15) is 13.2 Å². The topological polar surface area (TPSA) is 37.8 Å². The van der Waals surface area contributed by atoms with E-state index >= 15 is 0 Å². The van der Waals surface area contributed by atoms with Gasteiger partial charge in [0.05, 0.1) is 5.69 Å². The van der Waals surface area contributed by atoms with Crippen molar-refractivity contribution in [2.45, 2.75) is 19.9 Å². The van der Waals surface area contributed by atoms with Gasteiger partial charge in [-0.25, -0.2) is 23.1 Å². The largest absolute Gasteiger partial charge is 0.363 e. The maximum Gasteiger partial charge on any atom is 0.186 e. The van der Waals surface area contributed by atoms with E-state index in [-0.39, 0.29) is 12.4 Å². The maximum atomic E-state index is 13.8. The lowest BCUT2D eigenvalue weighted by Crippen LogP contribution is -2.07. The second-order valence-electron chi connectivity index (χ2n) is 3.94. The summed E-state index contributed by atoms with van der Waals surface area (Å²) in [6.45, 7) is 1.93. The summed E-state index contributed by atoms with van der Waals surface area (Å²) in [7, 11) is 0. The van der Waals surface area contributed by atoms with Gasteiger partial charge in [-0.3, -0.25) is 0 Å². The van der Waals surface area contributed by atoms with Gasteiger partial charge in [0.25, 0.3) is 0 Å². The Hall–Kier alpha value is -2.11. The smallest absolute Gasteiger partial charge is 0.186 e. The standard InChI is InChI=1S/C13H12F3N3/c1-2-11-12(16)13(19-7-18-11)17-6-8-3-4-9(14)10(15)5-8/h3-5,7H,2,6H2,1H3,(H,17,18,19). The van der Waals surface area contributed by atoms with Crippen LogP contribution in [0.25, 0.3) is 0 Å². The second kappa shape index (κ2) is 5.69. The second-order valence-corrected chi connectivity index (χ2v) is 3.94. The number of halogens is 3. The van der Waals surface area contributed by atoms with Gasteiger partial charge in [-0.15, -0.1) is 0 Å². The maximum absolute atomic E-state index is 13.8. The molecule has 0 spiro atoms. The number of anilines is 1. The van der Waals surface area contributed by atoms with E-state index in [4.69, 9.17) is 0 Å². The highest BCUT2D eigenvalue weighted by Gasteiger charge is 2.09. The third kappa shape index (κ3) is 3.01. The summed E-state index contributed by atoms with van der Waals surface area (Å²) >= 11 is 0. The molecular formula is C13H12F3N3. The zero-order valence-electron chi connectivity index (χ0n) is 10.3. The summed E-state index contributed by atoms with van der Waals surface area (Å²) in [6.07, 6.45) is 1.71. The van der Waals surface area contributed by atoms with Crippen LogP contribution in [-0.4, -0.2) is 9.97 Å². The number of nitrogens with zero attached hydrogens (tertiary/aromatic N) is 2. The van der Waals surface area contributed by atoms with Crippen LogP contribution in [-0.2, 0) is 13.0 Å². The Kier molecular flexibility index (Phi) is 3.99. The summed E-state index contributed by atoms with van der Waals surface area (Å²) in [5.74, 6) is -2.31. The number of aromatic nitrogens is 2. The minimum atomic E-state index is -0.934. The monoisotopic (exact) mass is 267 g/mol. The van der Waals surface area contributed by atoms with Crippen molar-refractivity contribution in [3.8, 4) is 0 Å². The van der Waals surface area contributed by atoms with Crippen molar-refractivity contribution in [3.63, 3.8) is 0 Å². The van der Waals surface area contributed by atoms with Gasteiger partial charge in [0.2, 0.25) is 0 Å². The van der Waals surface area contributed by atoms with Crippen molar-refractivity contribution in [2.75, 3.05) is 5.32 Å². The Bertz CT molecular complexity index is 587. The Balaban J connectivity index is 2.12. The average molecular weight is 267 g/mol. The van der Waals surface area contributed by atoms with Gasteiger partial charge in [0, 0.05) is 6.54 Å². The van der Waals surface area contributed by atoms with Gasteiger partial charge in [0.15, 0.2) is 23.3 Å². The molecule has 6 heteroatoms. The minimum Gasteiger partial charge on any atom is -0.363 e. The predicted molar refractivity (Wildman–Crippen MR) is 65.1 cm³/mol. The first-order valence-electron chi connectivity index (χ1n) is 5.79. The lowest BCUT2D eigenvalue weighted by molar-refractivity contribution is 0.507. The van der Waals surface area contributed by atoms with Crippen LogP contribution >= 0.6 is 0 Å². The lowest BCUT2D eigenvalue weighted by atomic mass is 10.2. The lowest BCUT2D eigenvalue weighted by Gasteiger charge is -2.08. The highest BCUT2D eigenvalue weighted by atomic mass is 19.2. The highest BCUT2D eigenvalue weighted by molar-refractivity contribution is 5.38. The Morgan fingerprint density at radius 2 is 1.89 bits per heavy atom. The number of benzene rings is 1. The molecule has 19 heavy (non-hydrogen) atoms. The average Bonchev–Trinajstić information content (AvgIpc) is 2.41. The molecule has 0 fully saturated rings. The first-order valence-corrected chi connectivity index (χ1v) is 5.79. The van der Waals surface area contributed by atoms with Crippen LogP contribution in [0.1, 0.15) is 18.2 Å². The number of nitrogens with one attached hydrogen (secondary N) is 1. The van der Waals surface area contributed by atoms with Crippen LogP contribution < -0.4 is 5.32 Å². The molecule has 2 aromatic rings. The molecular weight excluding hydrogens is 255 g/mol. The fourth-order valence-electron chi connectivity index (χ4n) is 1.61. The third-order valence-corrected chi connectivity index (χ3v) is 2.64. The van der Waals surface area contributed by atoms with Crippen molar-refractivity contribution in [1.82, 2.24) is 9.97 Å². The number of hydrogen-bond donors (Lipinski definition) is 1. The molecule has 1 aromatic heterocycles. The number of hydrogen-bond acceptors (Lipinski definition) is 3. The molecule has 1 heterocycles. The van der Waals surface area contributed by atoms with Gasteiger partial charge < -0.3 is 5.32 Å². The summed E-state index contributed by atoms with van der Waals surface area (Å²) in [6, 6.07) is 3.51. The summed E-state index contributed by atoms with van der Waals surface area (Å²) in [5, 5.41) is 2.74. The molecule has 100 valence electrons.